The molecule has 0 bridgehead atoms. The van der Waals surface area contributed by atoms with Crippen LogP contribution < -0.4 is 0 Å². The van der Waals surface area contributed by atoms with Gasteiger partial charge in [-0.1, -0.05) is 12.1 Å². The summed E-state index contributed by atoms with van der Waals surface area (Å²) in [7, 11) is 0. The van der Waals surface area contributed by atoms with Gasteiger partial charge >= 0.3 is 11.9 Å². The Morgan fingerprint density at radius 3 is 2.44 bits per heavy atom. The van der Waals surface area contributed by atoms with Crippen LogP contribution >= 0.6 is 0 Å². The van der Waals surface area contributed by atoms with Gasteiger partial charge in [0.1, 0.15) is 18.0 Å². The molecule has 1 aliphatic rings. The average Bonchev–Trinajstić information content (AvgIpc) is 2.50. The highest BCUT2D eigenvalue weighted by atomic mass is 16.6. The van der Waals surface area contributed by atoms with E-state index >= 15 is 0 Å². The summed E-state index contributed by atoms with van der Waals surface area (Å²) in [5.41, 5.74) is -1.14. The summed E-state index contributed by atoms with van der Waals surface area (Å²) >= 11 is 0. The molecule has 4 atom stereocenters. The van der Waals surface area contributed by atoms with Crippen LogP contribution in [0.2, 0.25) is 0 Å². The second-order valence-electron chi connectivity index (χ2n) is 6.16. The highest BCUT2D eigenvalue weighted by Crippen LogP contribution is 2.33. The average molecular weight is 352 g/mol. The molecule has 2 rings (SSSR count). The first kappa shape index (κ1) is 18.9. The van der Waals surface area contributed by atoms with Gasteiger partial charge in [-0.15, -0.1) is 0 Å². The Morgan fingerprint density at radius 1 is 1.20 bits per heavy atom. The van der Waals surface area contributed by atoms with E-state index in [-0.39, 0.29) is 18.6 Å². The molecular weight excluding hydrogens is 332 g/mol. The van der Waals surface area contributed by atoms with Gasteiger partial charge in [0.15, 0.2) is 0 Å². The molecule has 8 nitrogen and oxygen atoms in total. The van der Waals surface area contributed by atoms with Crippen molar-refractivity contribution >= 4 is 18.0 Å². The molecule has 0 saturated heterocycles. The van der Waals surface area contributed by atoms with Crippen molar-refractivity contribution in [2.45, 2.75) is 43.2 Å². The number of aromatic hydroxyl groups is 1. The molecule has 25 heavy (non-hydrogen) atoms. The van der Waals surface area contributed by atoms with Gasteiger partial charge in [0.05, 0.1) is 18.1 Å². The minimum atomic E-state index is -1.77. The Labute approximate surface area is 143 Å². The number of ether oxygens (including phenoxy) is 1. The van der Waals surface area contributed by atoms with Crippen LogP contribution in [0.15, 0.2) is 30.3 Å². The quantitative estimate of drug-likeness (QED) is 0.369. The SMILES string of the molecule is O=C(O)CC1(O)CC(O)C(O)C(OC(=O)/C=C/c2ccc(O)cc2)C1. The number of phenols is 1. The van der Waals surface area contributed by atoms with Crippen LogP contribution in [0, 0.1) is 0 Å². The van der Waals surface area contributed by atoms with E-state index in [1.807, 2.05) is 0 Å². The van der Waals surface area contributed by atoms with E-state index in [0.29, 0.717) is 5.56 Å². The van der Waals surface area contributed by atoms with Crippen LogP contribution in [0.4, 0.5) is 0 Å². The van der Waals surface area contributed by atoms with Crippen molar-refractivity contribution < 1.29 is 39.9 Å². The normalized spacial score (nSPS) is 29.5. The Balaban J connectivity index is 2.02. The molecule has 0 spiro atoms. The lowest BCUT2D eigenvalue weighted by atomic mass is 9.77. The second kappa shape index (κ2) is 7.64. The highest BCUT2D eigenvalue weighted by molar-refractivity contribution is 5.87. The maximum atomic E-state index is 11.9. The minimum absolute atomic E-state index is 0.0803. The largest absolute Gasteiger partial charge is 0.508 e. The monoisotopic (exact) mass is 352 g/mol. The van der Waals surface area contributed by atoms with Crippen LogP contribution in [0.1, 0.15) is 24.8 Å². The maximum Gasteiger partial charge on any atom is 0.331 e. The van der Waals surface area contributed by atoms with E-state index in [1.54, 1.807) is 12.1 Å². The lowest BCUT2D eigenvalue weighted by molar-refractivity contribution is -0.185. The standard InChI is InChI=1S/C17H20O8/c18-11-4-1-10(2-5-11)3-6-15(22)25-13-8-17(24,9-14(20)21)7-12(19)16(13)23/h1-6,12-13,16,18-19,23-24H,7-9H2,(H,20,21)/b6-3+. The summed E-state index contributed by atoms with van der Waals surface area (Å²) in [6, 6.07) is 6.03. The third-order valence-corrected chi connectivity index (χ3v) is 4.00. The van der Waals surface area contributed by atoms with Crippen LogP contribution in [-0.2, 0) is 14.3 Å². The van der Waals surface area contributed by atoms with Crippen molar-refractivity contribution in [1.82, 2.24) is 0 Å². The lowest BCUT2D eigenvalue weighted by Crippen LogP contribution is -2.54. The molecule has 0 radical (unpaired) electrons. The number of phenolic OH excluding ortho intramolecular Hbond substituents is 1. The number of carboxylic acid groups (broad SMARTS) is 1. The van der Waals surface area contributed by atoms with Gasteiger partial charge in [0, 0.05) is 18.9 Å². The molecule has 1 aliphatic carbocycles. The number of hydrogen-bond acceptors (Lipinski definition) is 7. The number of aliphatic hydroxyl groups is 3. The zero-order valence-electron chi connectivity index (χ0n) is 13.3. The van der Waals surface area contributed by atoms with E-state index < -0.39 is 42.3 Å². The summed E-state index contributed by atoms with van der Waals surface area (Å²) in [5.74, 6) is -2.00. The molecule has 5 N–H and O–H groups in total. The number of esters is 1. The van der Waals surface area contributed by atoms with Crippen molar-refractivity contribution in [2.75, 3.05) is 0 Å². The molecule has 0 heterocycles. The van der Waals surface area contributed by atoms with E-state index in [9.17, 15) is 30.0 Å². The first-order valence-electron chi connectivity index (χ1n) is 7.66. The summed E-state index contributed by atoms with van der Waals surface area (Å²) in [5, 5.41) is 48.0. The highest BCUT2D eigenvalue weighted by Gasteiger charge is 2.46. The van der Waals surface area contributed by atoms with Crippen molar-refractivity contribution in [3.8, 4) is 5.75 Å². The topological polar surface area (TPSA) is 145 Å². The zero-order chi connectivity index (χ0) is 18.6. The van der Waals surface area contributed by atoms with Gasteiger partial charge in [-0.2, -0.15) is 0 Å². The molecular formula is C17H20O8. The molecule has 0 aromatic heterocycles. The molecule has 1 aromatic carbocycles. The fourth-order valence-electron chi connectivity index (χ4n) is 2.81. The first-order valence-corrected chi connectivity index (χ1v) is 7.66. The number of hydrogen-bond donors (Lipinski definition) is 5. The van der Waals surface area contributed by atoms with E-state index in [2.05, 4.69) is 0 Å². The van der Waals surface area contributed by atoms with E-state index in [0.717, 1.165) is 6.08 Å². The fraction of sp³-hybridized carbons (Fsp3) is 0.412. The third-order valence-electron chi connectivity index (χ3n) is 4.00. The lowest BCUT2D eigenvalue weighted by Gasteiger charge is -2.40. The number of aliphatic hydroxyl groups excluding tert-OH is 2. The Morgan fingerprint density at radius 2 is 1.84 bits per heavy atom. The molecule has 0 aliphatic heterocycles. The van der Waals surface area contributed by atoms with Gasteiger partial charge in [-0.05, 0) is 23.8 Å². The fourth-order valence-corrected chi connectivity index (χ4v) is 2.81. The summed E-state index contributed by atoms with van der Waals surface area (Å²) < 4.78 is 5.06. The Bertz CT molecular complexity index is 653. The molecule has 1 fully saturated rings. The molecule has 136 valence electrons. The molecule has 1 aromatic rings. The number of benzene rings is 1. The van der Waals surface area contributed by atoms with Gasteiger partial charge in [0.25, 0.3) is 0 Å². The third kappa shape index (κ3) is 5.28. The van der Waals surface area contributed by atoms with E-state index in [1.165, 1.54) is 18.2 Å². The second-order valence-corrected chi connectivity index (χ2v) is 6.16. The summed E-state index contributed by atoms with van der Waals surface area (Å²) in [4.78, 5) is 22.7. The smallest absolute Gasteiger partial charge is 0.331 e. The maximum absolute atomic E-state index is 11.9. The van der Waals surface area contributed by atoms with Crippen molar-refractivity contribution in [3.63, 3.8) is 0 Å². The molecule has 1 saturated carbocycles. The van der Waals surface area contributed by atoms with Crippen molar-refractivity contribution in [3.05, 3.63) is 35.9 Å². The number of rotatable bonds is 5. The van der Waals surface area contributed by atoms with Crippen molar-refractivity contribution in [2.24, 2.45) is 0 Å². The van der Waals surface area contributed by atoms with Crippen LogP contribution in [0.5, 0.6) is 5.75 Å². The number of carboxylic acids is 1. The molecule has 8 heteroatoms. The number of aliphatic carboxylic acids is 1. The summed E-state index contributed by atoms with van der Waals surface area (Å²) in [6.45, 7) is 0. The minimum Gasteiger partial charge on any atom is -0.508 e. The van der Waals surface area contributed by atoms with Gasteiger partial charge in [-0.3, -0.25) is 4.79 Å². The van der Waals surface area contributed by atoms with Crippen LogP contribution in [-0.4, -0.2) is 61.4 Å². The zero-order valence-corrected chi connectivity index (χ0v) is 13.3. The van der Waals surface area contributed by atoms with Crippen molar-refractivity contribution in [1.29, 1.82) is 0 Å². The predicted octanol–water partition coefficient (Wildman–Crippen LogP) is 0.0386. The number of carbonyl (C=O) groups is 2. The van der Waals surface area contributed by atoms with E-state index in [4.69, 9.17) is 9.84 Å². The Hall–Kier alpha value is -2.42. The van der Waals surface area contributed by atoms with Crippen LogP contribution in [0.25, 0.3) is 6.08 Å². The first-order chi connectivity index (χ1) is 11.7. The van der Waals surface area contributed by atoms with Gasteiger partial charge in [-0.25, -0.2) is 4.79 Å². The summed E-state index contributed by atoms with van der Waals surface area (Å²) in [6.07, 6.45) is -2.78. The molecule has 0 amide bonds. The van der Waals surface area contributed by atoms with Gasteiger partial charge < -0.3 is 30.3 Å². The molecule has 4 unspecified atom stereocenters. The Kier molecular flexibility index (Phi) is 5.78. The van der Waals surface area contributed by atoms with Gasteiger partial charge in [0.2, 0.25) is 0 Å². The van der Waals surface area contributed by atoms with Crippen LogP contribution in [0.3, 0.4) is 0 Å². The predicted molar refractivity (Wildman–Crippen MR) is 85.5 cm³/mol. The number of carbonyl (C=O) groups excluding carboxylic acids is 1.